The summed E-state index contributed by atoms with van der Waals surface area (Å²) in [6.07, 6.45) is 14.5. The summed E-state index contributed by atoms with van der Waals surface area (Å²) in [6, 6.07) is 0. The Balaban J connectivity index is -0.00000000600. The summed E-state index contributed by atoms with van der Waals surface area (Å²) in [6.45, 7) is 0. The first-order valence-corrected chi connectivity index (χ1v) is 8.18. The van der Waals surface area contributed by atoms with Crippen molar-refractivity contribution in [1.82, 2.24) is 0 Å². The van der Waals surface area contributed by atoms with Crippen LogP contribution < -0.4 is 0 Å². The predicted molar refractivity (Wildman–Crippen MR) is 177 cm³/mol. The van der Waals surface area contributed by atoms with Gasteiger partial charge in [-0.3, -0.25) is 0 Å². The van der Waals surface area contributed by atoms with Gasteiger partial charge in [0.15, 0.2) is 0 Å². The largest absolute Gasteiger partial charge is 0.165 e. The van der Waals surface area contributed by atoms with Crippen molar-refractivity contribution in [2.75, 3.05) is 24.0 Å². The Morgan fingerprint density at radius 3 is 0.552 bits per heavy atom. The third-order valence-corrected chi connectivity index (χ3v) is 3.59. The zero-order valence-corrected chi connectivity index (χ0v) is 10.8. The van der Waals surface area contributed by atoms with Crippen molar-refractivity contribution in [2.24, 2.45) is 0 Å². The van der Waals surface area contributed by atoms with Crippen LogP contribution >= 0.6 is 23.5 Å². The minimum absolute atomic E-state index is 0. The summed E-state index contributed by atoms with van der Waals surface area (Å²) < 4.78 is 0. The zero-order valence-electron chi connectivity index (χ0n) is 9.18. The second kappa shape index (κ2) is 161. The minimum atomic E-state index is 0. The fraction of sp³-hybridized carbons (Fsp3) is 1.00. The van der Waals surface area contributed by atoms with Crippen molar-refractivity contribution in [3.63, 3.8) is 0 Å². The Bertz CT molecular complexity index is 76.6. The van der Waals surface area contributed by atoms with E-state index in [2.05, 4.69) is 12.5 Å². The molecule has 0 saturated carbocycles. The van der Waals surface area contributed by atoms with Crippen molar-refractivity contribution in [3.8, 4) is 0 Å². The van der Waals surface area contributed by atoms with Crippen molar-refractivity contribution in [3.05, 3.63) is 0 Å². The highest BCUT2D eigenvalue weighted by atomic mass is 32.2. The lowest BCUT2D eigenvalue weighted by Gasteiger charge is -2.00. The Morgan fingerprint density at radius 1 is 0.276 bits per heavy atom. The fourth-order valence-electron chi connectivity index (χ4n) is 1.38. The second-order valence-electron chi connectivity index (χ2n) is 3.46. The maximum atomic E-state index is 2.20. The maximum absolute atomic E-state index is 2.20. The highest BCUT2D eigenvalue weighted by Gasteiger charge is 1.91. The molecule has 0 saturated heterocycles. The molecular formula is C27H88S2. The number of rotatable bonds is 10. The molecule has 0 aliphatic rings. The molecule has 0 aromatic heterocycles. The van der Waals surface area contributed by atoms with E-state index < -0.39 is 0 Å². The molecular weight excluding hydrogens is 388 g/mol. The Labute approximate surface area is 211 Å². The van der Waals surface area contributed by atoms with E-state index >= 15 is 0 Å². The molecule has 0 nitrogen and oxygen atoms in total. The van der Waals surface area contributed by atoms with E-state index in [1.54, 1.807) is 0 Å². The van der Waals surface area contributed by atoms with Gasteiger partial charge in [0.25, 0.3) is 0 Å². The van der Waals surface area contributed by atoms with Gasteiger partial charge in [-0.15, -0.1) is 0 Å². The molecule has 29 heavy (non-hydrogen) atoms. The number of unbranched alkanes of at least 4 members (excludes halogenated alkanes) is 6. The molecule has 0 aromatic rings. The smallest absolute Gasteiger partial charge is 0.00703 e. The summed E-state index contributed by atoms with van der Waals surface area (Å²) in [4.78, 5) is 0. The zero-order chi connectivity index (χ0) is 9.78. The summed E-state index contributed by atoms with van der Waals surface area (Å²) in [5.41, 5.74) is 0. The Kier molecular flexibility index (Phi) is 841. The molecule has 0 amide bonds. The Morgan fingerprint density at radius 2 is 0.414 bits per heavy atom. The first-order chi connectivity index (χ1) is 6.41. The summed E-state index contributed by atoms with van der Waals surface area (Å²) in [5.74, 6) is 2.71. The van der Waals surface area contributed by atoms with E-state index in [1.807, 2.05) is 23.5 Å². The number of thioether (sulfide) groups is 2. The summed E-state index contributed by atoms with van der Waals surface area (Å²) in [7, 11) is 0. The lowest BCUT2D eigenvalue weighted by Crippen LogP contribution is -1.83. The van der Waals surface area contributed by atoms with Crippen LogP contribution in [-0.4, -0.2) is 24.0 Å². The van der Waals surface area contributed by atoms with Crippen molar-refractivity contribution in [2.45, 2.75) is 164 Å². The van der Waals surface area contributed by atoms with Gasteiger partial charge >= 0.3 is 0 Å². The van der Waals surface area contributed by atoms with Crippen LogP contribution in [0.25, 0.3) is 0 Å². The molecule has 0 spiro atoms. The topological polar surface area (TPSA) is 0 Å². The summed E-state index contributed by atoms with van der Waals surface area (Å²) >= 11 is 3.95. The van der Waals surface area contributed by atoms with Crippen LogP contribution in [0.4, 0.5) is 0 Å². The van der Waals surface area contributed by atoms with Crippen LogP contribution in [0.15, 0.2) is 0 Å². The predicted octanol–water partition coefficient (Wildman–Crippen LogP) is 14.6. The van der Waals surface area contributed by atoms with Crippen LogP contribution in [0.2, 0.25) is 0 Å². The second-order valence-corrected chi connectivity index (χ2v) is 5.43. The molecule has 2 heteroatoms. The van der Waals surface area contributed by atoms with E-state index in [-0.39, 0.29) is 119 Å². The maximum Gasteiger partial charge on any atom is -0.00703 e. The van der Waals surface area contributed by atoms with E-state index in [4.69, 9.17) is 0 Å². The lowest BCUT2D eigenvalue weighted by molar-refractivity contribution is 0.605. The van der Waals surface area contributed by atoms with Gasteiger partial charge in [-0.25, -0.2) is 0 Å². The number of hydrogen-bond donors (Lipinski definition) is 0. The summed E-state index contributed by atoms with van der Waals surface area (Å²) in [5, 5.41) is 0. The molecule has 0 radical (unpaired) electrons. The molecule has 208 valence electrons. The van der Waals surface area contributed by atoms with Gasteiger partial charge in [-0.05, 0) is 36.9 Å². The van der Waals surface area contributed by atoms with Gasteiger partial charge in [0.1, 0.15) is 0 Å². The molecule has 0 atom stereocenters. The van der Waals surface area contributed by atoms with E-state index in [0.717, 1.165) is 0 Å². The minimum Gasteiger partial charge on any atom is -0.165 e. The molecule has 0 rings (SSSR count). The first kappa shape index (κ1) is 152. The molecule has 0 fully saturated rings. The Hall–Kier alpha value is 0.700. The van der Waals surface area contributed by atoms with Gasteiger partial charge < -0.3 is 0 Å². The molecule has 0 aliphatic heterocycles. The van der Waals surface area contributed by atoms with Gasteiger partial charge in [-0.2, -0.15) is 23.5 Å². The SMILES string of the molecule is C.C.C.C.C.C.C.C.C.C.C.C.C.C.C.C.CSCCCCCCCCCSC. The van der Waals surface area contributed by atoms with Crippen LogP contribution in [0.5, 0.6) is 0 Å². The average Bonchev–Trinajstić information content (AvgIpc) is 2.16. The van der Waals surface area contributed by atoms with Gasteiger partial charge in [0.2, 0.25) is 0 Å². The van der Waals surface area contributed by atoms with E-state index in [9.17, 15) is 0 Å². The molecule has 0 heterocycles. The van der Waals surface area contributed by atoms with Gasteiger partial charge in [0.05, 0.1) is 0 Å². The quantitative estimate of drug-likeness (QED) is 0.287. The number of hydrogen-bond acceptors (Lipinski definition) is 2. The highest BCUT2D eigenvalue weighted by molar-refractivity contribution is 7.98. The van der Waals surface area contributed by atoms with Crippen molar-refractivity contribution >= 4 is 23.5 Å². The molecule has 0 bridgehead atoms. The van der Waals surface area contributed by atoms with Crippen LogP contribution in [0, 0.1) is 0 Å². The standard InChI is InChI=1S/C11H24S2.16CH4/c1-12-10-8-6-4-3-5-7-9-11-13-2;;;;;;;;;;;;;;;;/h3-11H2,1-2H3;16*1H4. The van der Waals surface area contributed by atoms with Crippen LogP contribution in [0.1, 0.15) is 164 Å². The van der Waals surface area contributed by atoms with E-state index in [1.165, 1.54) is 56.5 Å². The first-order valence-electron chi connectivity index (χ1n) is 5.39. The monoisotopic (exact) mass is 477 g/mol. The fourth-order valence-corrected chi connectivity index (χ4v) is 2.36. The highest BCUT2D eigenvalue weighted by Crippen LogP contribution is 2.10. The van der Waals surface area contributed by atoms with Gasteiger partial charge in [-0.1, -0.05) is 151 Å². The third kappa shape index (κ3) is 179. The average molecular weight is 477 g/mol. The van der Waals surface area contributed by atoms with Crippen molar-refractivity contribution in [1.29, 1.82) is 0 Å². The van der Waals surface area contributed by atoms with Crippen molar-refractivity contribution < 1.29 is 0 Å². The molecule has 0 aromatic carbocycles. The van der Waals surface area contributed by atoms with E-state index in [0.29, 0.717) is 0 Å². The molecule has 0 unspecified atom stereocenters. The third-order valence-electron chi connectivity index (χ3n) is 2.20. The lowest BCUT2D eigenvalue weighted by atomic mass is 10.1. The van der Waals surface area contributed by atoms with Crippen LogP contribution in [0.3, 0.4) is 0 Å². The van der Waals surface area contributed by atoms with Gasteiger partial charge in [0, 0.05) is 0 Å². The molecule has 0 aliphatic carbocycles. The van der Waals surface area contributed by atoms with Crippen LogP contribution in [-0.2, 0) is 0 Å². The normalized spacial score (nSPS) is 4.76. The molecule has 0 N–H and O–H groups in total.